The van der Waals surface area contributed by atoms with Gasteiger partial charge >= 0.3 is 0 Å². The van der Waals surface area contributed by atoms with Crippen molar-refractivity contribution < 1.29 is 13.8 Å². The first-order valence-corrected chi connectivity index (χ1v) is 8.12. The number of aryl methyl sites for hydroxylation is 1. The number of carbonyl (C=O) groups is 1. The standard InChI is InChI=1S/C15H24N2O3S/c1-6-14(12(3)15(18)17(4)20-5)16-21(19)13-9-7-11(2)8-10-13/h7-10,12,14,16H,6H2,1-5H3/t12-,14-,21?/m0/s1. The van der Waals surface area contributed by atoms with Gasteiger partial charge in [0.05, 0.1) is 17.9 Å². The van der Waals surface area contributed by atoms with Crippen LogP contribution in [-0.2, 0) is 20.6 Å². The second-order valence-corrected chi connectivity index (χ2v) is 6.27. The molecule has 1 aromatic rings. The third-order valence-corrected chi connectivity index (χ3v) is 4.73. The zero-order valence-electron chi connectivity index (χ0n) is 13.3. The van der Waals surface area contributed by atoms with Crippen LogP contribution in [0.15, 0.2) is 29.2 Å². The molecule has 6 heteroatoms. The molecule has 5 nitrogen and oxygen atoms in total. The predicted octanol–water partition coefficient (Wildman–Crippen LogP) is 2.04. The summed E-state index contributed by atoms with van der Waals surface area (Å²) in [4.78, 5) is 17.7. The van der Waals surface area contributed by atoms with E-state index in [4.69, 9.17) is 4.84 Å². The molecular weight excluding hydrogens is 288 g/mol. The maximum absolute atomic E-state index is 12.3. The van der Waals surface area contributed by atoms with Crippen LogP contribution >= 0.6 is 0 Å². The van der Waals surface area contributed by atoms with E-state index in [1.165, 1.54) is 12.2 Å². The van der Waals surface area contributed by atoms with E-state index in [0.29, 0.717) is 11.3 Å². The van der Waals surface area contributed by atoms with Gasteiger partial charge in [0.2, 0.25) is 5.91 Å². The Hall–Kier alpha value is -1.24. The summed E-state index contributed by atoms with van der Waals surface area (Å²) < 4.78 is 15.4. The lowest BCUT2D eigenvalue weighted by Crippen LogP contribution is -2.44. The minimum absolute atomic E-state index is 0.141. The van der Waals surface area contributed by atoms with Gasteiger partial charge in [-0.1, -0.05) is 31.5 Å². The Morgan fingerprint density at radius 3 is 2.43 bits per heavy atom. The van der Waals surface area contributed by atoms with Gasteiger partial charge in [0.1, 0.15) is 11.0 Å². The summed E-state index contributed by atoms with van der Waals surface area (Å²) in [7, 11) is 1.68. The first-order valence-electron chi connectivity index (χ1n) is 6.97. The first-order chi connectivity index (χ1) is 9.90. The molecule has 1 N–H and O–H groups in total. The summed E-state index contributed by atoms with van der Waals surface area (Å²) >= 11 is 0. The maximum atomic E-state index is 12.3. The number of nitrogens with zero attached hydrogens (tertiary/aromatic N) is 1. The Labute approximate surface area is 129 Å². The van der Waals surface area contributed by atoms with E-state index in [9.17, 15) is 9.00 Å². The van der Waals surface area contributed by atoms with Gasteiger partial charge in [-0.05, 0) is 25.5 Å². The molecule has 0 aliphatic carbocycles. The van der Waals surface area contributed by atoms with E-state index >= 15 is 0 Å². The number of nitrogens with one attached hydrogen (secondary N) is 1. The van der Waals surface area contributed by atoms with E-state index in [2.05, 4.69) is 4.72 Å². The highest BCUT2D eigenvalue weighted by Gasteiger charge is 2.27. The van der Waals surface area contributed by atoms with Crippen molar-refractivity contribution >= 4 is 16.9 Å². The van der Waals surface area contributed by atoms with Gasteiger partial charge in [-0.3, -0.25) is 9.63 Å². The second-order valence-electron chi connectivity index (χ2n) is 5.02. The van der Waals surface area contributed by atoms with Crippen molar-refractivity contribution in [1.29, 1.82) is 0 Å². The Morgan fingerprint density at radius 1 is 1.38 bits per heavy atom. The zero-order valence-corrected chi connectivity index (χ0v) is 14.1. The van der Waals surface area contributed by atoms with Crippen molar-refractivity contribution in [3.8, 4) is 0 Å². The second kappa shape index (κ2) is 8.26. The summed E-state index contributed by atoms with van der Waals surface area (Å²) in [5.74, 6) is -0.466. The van der Waals surface area contributed by atoms with Gasteiger partial charge in [-0.2, -0.15) is 0 Å². The Kier molecular flexibility index (Phi) is 7.01. The monoisotopic (exact) mass is 312 g/mol. The normalized spacial score (nSPS) is 15.3. The SMILES string of the molecule is CC[C@H](NS(=O)c1ccc(C)cc1)[C@H](C)C(=O)N(C)OC. The fraction of sp³-hybridized carbons (Fsp3) is 0.533. The molecule has 1 amide bonds. The van der Waals surface area contributed by atoms with Crippen LogP contribution < -0.4 is 4.72 Å². The fourth-order valence-electron chi connectivity index (χ4n) is 1.96. The van der Waals surface area contributed by atoms with Crippen LogP contribution in [-0.4, -0.2) is 35.4 Å². The Morgan fingerprint density at radius 2 is 1.95 bits per heavy atom. The molecule has 0 aliphatic rings. The summed E-state index contributed by atoms with van der Waals surface area (Å²) in [6, 6.07) is 7.32. The van der Waals surface area contributed by atoms with Gasteiger partial charge in [0.25, 0.3) is 0 Å². The summed E-state index contributed by atoms with van der Waals surface area (Å²) in [6.45, 7) is 5.75. The molecule has 3 atom stereocenters. The van der Waals surface area contributed by atoms with Crippen LogP contribution in [0.4, 0.5) is 0 Å². The molecule has 0 saturated carbocycles. The molecule has 0 saturated heterocycles. The van der Waals surface area contributed by atoms with Crippen molar-refractivity contribution in [2.24, 2.45) is 5.92 Å². The van der Waals surface area contributed by atoms with Gasteiger partial charge in [0.15, 0.2) is 0 Å². The zero-order chi connectivity index (χ0) is 16.0. The number of carbonyl (C=O) groups excluding carboxylic acids is 1. The molecule has 0 heterocycles. The summed E-state index contributed by atoms with van der Waals surface area (Å²) in [6.07, 6.45) is 0.696. The fourth-order valence-corrected chi connectivity index (χ4v) is 3.12. The third-order valence-electron chi connectivity index (χ3n) is 3.51. The van der Waals surface area contributed by atoms with Crippen molar-refractivity contribution in [3.63, 3.8) is 0 Å². The number of rotatable bonds is 7. The lowest BCUT2D eigenvalue weighted by molar-refractivity contribution is -0.173. The molecule has 0 spiro atoms. The lowest BCUT2D eigenvalue weighted by Gasteiger charge is -2.25. The van der Waals surface area contributed by atoms with E-state index in [1.807, 2.05) is 45.0 Å². The Bertz CT molecular complexity index is 490. The topological polar surface area (TPSA) is 58.6 Å². The predicted molar refractivity (Wildman–Crippen MR) is 83.7 cm³/mol. The number of hydrogen-bond acceptors (Lipinski definition) is 3. The van der Waals surface area contributed by atoms with Crippen LogP contribution in [0.2, 0.25) is 0 Å². The van der Waals surface area contributed by atoms with Gasteiger partial charge in [-0.25, -0.2) is 14.0 Å². The van der Waals surface area contributed by atoms with E-state index in [0.717, 1.165) is 5.56 Å². The van der Waals surface area contributed by atoms with Crippen LogP contribution in [0.3, 0.4) is 0 Å². The van der Waals surface area contributed by atoms with Gasteiger partial charge in [0, 0.05) is 13.1 Å². The van der Waals surface area contributed by atoms with Gasteiger partial charge in [-0.15, -0.1) is 0 Å². The average Bonchev–Trinajstić information content (AvgIpc) is 2.50. The molecule has 0 fully saturated rings. The van der Waals surface area contributed by atoms with Crippen LogP contribution in [0, 0.1) is 12.8 Å². The average molecular weight is 312 g/mol. The summed E-state index contributed by atoms with van der Waals surface area (Å²) in [5.41, 5.74) is 1.12. The van der Waals surface area contributed by atoms with E-state index < -0.39 is 11.0 Å². The maximum Gasteiger partial charge on any atom is 0.250 e. The minimum Gasteiger partial charge on any atom is -0.275 e. The quantitative estimate of drug-likeness (QED) is 0.784. The van der Waals surface area contributed by atoms with Gasteiger partial charge < -0.3 is 0 Å². The van der Waals surface area contributed by atoms with Crippen LogP contribution in [0.25, 0.3) is 0 Å². The molecule has 0 aliphatic heterocycles. The minimum atomic E-state index is -1.34. The van der Waals surface area contributed by atoms with Crippen LogP contribution in [0.5, 0.6) is 0 Å². The number of hydroxylamine groups is 2. The molecule has 0 bridgehead atoms. The van der Waals surface area contributed by atoms with Crippen molar-refractivity contribution in [1.82, 2.24) is 9.79 Å². The Balaban J connectivity index is 2.75. The van der Waals surface area contributed by atoms with E-state index in [1.54, 1.807) is 7.05 Å². The highest BCUT2D eigenvalue weighted by atomic mass is 32.2. The molecular formula is C15H24N2O3S. The summed E-state index contributed by atoms with van der Waals surface area (Å²) in [5, 5.41) is 1.20. The number of amides is 1. The van der Waals surface area contributed by atoms with Crippen molar-refractivity contribution in [2.75, 3.05) is 14.2 Å². The highest BCUT2D eigenvalue weighted by molar-refractivity contribution is 7.83. The molecule has 0 radical (unpaired) electrons. The molecule has 21 heavy (non-hydrogen) atoms. The van der Waals surface area contributed by atoms with Crippen LogP contribution in [0.1, 0.15) is 25.8 Å². The number of benzene rings is 1. The largest absolute Gasteiger partial charge is 0.275 e. The molecule has 118 valence electrons. The smallest absolute Gasteiger partial charge is 0.250 e. The molecule has 1 aromatic carbocycles. The highest BCUT2D eigenvalue weighted by Crippen LogP contribution is 2.14. The number of hydrogen-bond donors (Lipinski definition) is 1. The molecule has 1 rings (SSSR count). The van der Waals surface area contributed by atoms with E-state index in [-0.39, 0.29) is 17.9 Å². The molecule has 0 aromatic heterocycles. The lowest BCUT2D eigenvalue weighted by atomic mass is 10.00. The first kappa shape index (κ1) is 17.8. The third kappa shape index (κ3) is 4.91. The molecule has 1 unspecified atom stereocenters. The van der Waals surface area contributed by atoms with Crippen molar-refractivity contribution in [2.45, 2.75) is 38.1 Å². The van der Waals surface area contributed by atoms with Crippen molar-refractivity contribution in [3.05, 3.63) is 29.8 Å².